The summed E-state index contributed by atoms with van der Waals surface area (Å²) in [6.45, 7) is 12.4. The van der Waals surface area contributed by atoms with E-state index < -0.39 is 5.54 Å². The van der Waals surface area contributed by atoms with Crippen molar-refractivity contribution >= 4 is 5.97 Å². The van der Waals surface area contributed by atoms with Crippen molar-refractivity contribution in [2.75, 3.05) is 20.2 Å². The van der Waals surface area contributed by atoms with Crippen LogP contribution in [0.2, 0.25) is 0 Å². The van der Waals surface area contributed by atoms with E-state index in [-0.39, 0.29) is 12.0 Å². The van der Waals surface area contributed by atoms with Crippen molar-refractivity contribution in [1.82, 2.24) is 10.2 Å². The first-order valence-electron chi connectivity index (χ1n) is 7.88. The third-order valence-corrected chi connectivity index (χ3v) is 3.82. The van der Waals surface area contributed by atoms with Gasteiger partial charge in [0, 0.05) is 18.6 Å². The molecule has 1 atom stereocenters. The maximum absolute atomic E-state index is 12.2. The minimum absolute atomic E-state index is 0.165. The molecule has 1 N–H and O–H groups in total. The van der Waals surface area contributed by atoms with E-state index in [0.29, 0.717) is 12.0 Å². The summed E-state index contributed by atoms with van der Waals surface area (Å²) in [5.41, 5.74) is -0.623. The van der Waals surface area contributed by atoms with Crippen LogP contribution in [0.4, 0.5) is 0 Å². The zero-order valence-electron chi connectivity index (χ0n) is 14.0. The molecular weight excluding hydrogens is 252 g/mol. The molecule has 4 heteroatoms. The topological polar surface area (TPSA) is 41.6 Å². The Bertz CT molecular complexity index is 314. The van der Waals surface area contributed by atoms with E-state index in [0.717, 1.165) is 13.1 Å². The summed E-state index contributed by atoms with van der Waals surface area (Å²) in [5.74, 6) is 0.528. The van der Waals surface area contributed by atoms with Gasteiger partial charge in [0.05, 0.1) is 7.11 Å². The lowest BCUT2D eigenvalue weighted by atomic mass is 9.99. The first-order chi connectivity index (χ1) is 9.28. The van der Waals surface area contributed by atoms with Gasteiger partial charge >= 0.3 is 5.97 Å². The number of hydrogen-bond donors (Lipinski definition) is 1. The fraction of sp³-hybridized carbons (Fsp3) is 0.938. The Morgan fingerprint density at radius 3 is 2.35 bits per heavy atom. The SMILES string of the molecule is COC(=O)C(C)(CN(CCC(C)C)C1CC1)NC(C)C. The second-order valence-electron chi connectivity index (χ2n) is 7.01. The summed E-state index contributed by atoms with van der Waals surface area (Å²) < 4.78 is 5.01. The van der Waals surface area contributed by atoms with Crippen molar-refractivity contribution in [2.24, 2.45) is 5.92 Å². The molecule has 0 heterocycles. The first-order valence-corrected chi connectivity index (χ1v) is 7.88. The van der Waals surface area contributed by atoms with Crippen LogP contribution in [0.5, 0.6) is 0 Å². The van der Waals surface area contributed by atoms with Gasteiger partial charge < -0.3 is 4.74 Å². The van der Waals surface area contributed by atoms with Crippen molar-refractivity contribution in [3.8, 4) is 0 Å². The Kier molecular flexibility index (Phi) is 6.46. The molecular formula is C16H32N2O2. The lowest BCUT2D eigenvalue weighted by Crippen LogP contribution is -2.59. The molecule has 20 heavy (non-hydrogen) atoms. The van der Waals surface area contributed by atoms with E-state index in [1.165, 1.54) is 26.4 Å². The van der Waals surface area contributed by atoms with Crippen LogP contribution in [0.25, 0.3) is 0 Å². The van der Waals surface area contributed by atoms with E-state index in [9.17, 15) is 4.79 Å². The number of rotatable bonds is 9. The van der Waals surface area contributed by atoms with Crippen LogP contribution in [0.1, 0.15) is 53.9 Å². The molecule has 0 spiro atoms. The number of ether oxygens (including phenoxy) is 1. The fourth-order valence-electron chi connectivity index (χ4n) is 2.69. The van der Waals surface area contributed by atoms with Crippen LogP contribution < -0.4 is 5.32 Å². The van der Waals surface area contributed by atoms with Gasteiger partial charge in [0.25, 0.3) is 0 Å². The summed E-state index contributed by atoms with van der Waals surface area (Å²) in [4.78, 5) is 14.6. The Morgan fingerprint density at radius 1 is 1.35 bits per heavy atom. The molecule has 118 valence electrons. The van der Waals surface area contributed by atoms with Crippen LogP contribution in [-0.2, 0) is 9.53 Å². The van der Waals surface area contributed by atoms with E-state index in [1.807, 2.05) is 6.92 Å². The number of methoxy groups -OCH3 is 1. The summed E-state index contributed by atoms with van der Waals surface area (Å²) in [7, 11) is 1.47. The number of hydrogen-bond acceptors (Lipinski definition) is 4. The lowest BCUT2D eigenvalue weighted by Gasteiger charge is -2.36. The minimum Gasteiger partial charge on any atom is -0.468 e. The van der Waals surface area contributed by atoms with Gasteiger partial charge in [-0.25, -0.2) is 0 Å². The highest BCUT2D eigenvalue weighted by Crippen LogP contribution is 2.29. The number of carbonyl (C=O) groups is 1. The van der Waals surface area contributed by atoms with Crippen LogP contribution >= 0.6 is 0 Å². The molecule has 1 saturated carbocycles. The van der Waals surface area contributed by atoms with Crippen molar-refractivity contribution in [1.29, 1.82) is 0 Å². The predicted octanol–water partition coefficient (Wildman–Crippen LogP) is 2.43. The predicted molar refractivity (Wildman–Crippen MR) is 82.7 cm³/mol. The van der Waals surface area contributed by atoms with Crippen molar-refractivity contribution in [3.63, 3.8) is 0 Å². The molecule has 0 aromatic carbocycles. The average Bonchev–Trinajstić information content (AvgIpc) is 3.16. The van der Waals surface area contributed by atoms with Crippen LogP contribution in [0, 0.1) is 5.92 Å². The molecule has 0 aliphatic heterocycles. The number of nitrogens with one attached hydrogen (secondary N) is 1. The molecule has 0 radical (unpaired) electrons. The molecule has 0 bridgehead atoms. The summed E-state index contributed by atoms with van der Waals surface area (Å²) in [6.07, 6.45) is 3.70. The van der Waals surface area contributed by atoms with Gasteiger partial charge in [0.1, 0.15) is 5.54 Å². The van der Waals surface area contributed by atoms with E-state index >= 15 is 0 Å². The first kappa shape index (κ1) is 17.4. The van der Waals surface area contributed by atoms with Gasteiger partial charge in [-0.1, -0.05) is 13.8 Å². The molecule has 1 aliphatic carbocycles. The second kappa shape index (κ2) is 7.41. The van der Waals surface area contributed by atoms with E-state index in [1.54, 1.807) is 0 Å². The van der Waals surface area contributed by atoms with Crippen molar-refractivity contribution in [2.45, 2.75) is 71.5 Å². The zero-order chi connectivity index (χ0) is 15.3. The number of carbonyl (C=O) groups excluding carboxylic acids is 1. The normalized spacial score (nSPS) is 18.6. The second-order valence-corrected chi connectivity index (χ2v) is 7.01. The standard InChI is InChI=1S/C16H32N2O2/c1-12(2)9-10-18(14-7-8-14)11-16(5,15(19)20-6)17-13(3)4/h12-14,17H,7-11H2,1-6H3. The Morgan fingerprint density at radius 2 is 1.95 bits per heavy atom. The van der Waals surface area contributed by atoms with Crippen LogP contribution in [0.15, 0.2) is 0 Å². The molecule has 1 rings (SSSR count). The average molecular weight is 284 g/mol. The van der Waals surface area contributed by atoms with Gasteiger partial charge in [-0.3, -0.25) is 15.0 Å². The molecule has 4 nitrogen and oxygen atoms in total. The molecule has 0 aromatic heterocycles. The third-order valence-electron chi connectivity index (χ3n) is 3.82. The highest BCUT2D eigenvalue weighted by molar-refractivity contribution is 5.80. The molecule has 0 saturated heterocycles. The van der Waals surface area contributed by atoms with E-state index in [2.05, 4.69) is 37.9 Å². The Balaban J connectivity index is 2.71. The van der Waals surface area contributed by atoms with Crippen LogP contribution in [-0.4, -0.2) is 48.7 Å². The van der Waals surface area contributed by atoms with Crippen LogP contribution in [0.3, 0.4) is 0 Å². The van der Waals surface area contributed by atoms with Gasteiger partial charge in [-0.05, 0) is 52.5 Å². The van der Waals surface area contributed by atoms with Gasteiger partial charge in [-0.2, -0.15) is 0 Å². The maximum atomic E-state index is 12.2. The molecule has 1 aliphatic rings. The van der Waals surface area contributed by atoms with Crippen molar-refractivity contribution in [3.05, 3.63) is 0 Å². The minimum atomic E-state index is -0.623. The summed E-state index contributed by atoms with van der Waals surface area (Å²) in [6, 6.07) is 0.914. The number of nitrogens with zero attached hydrogens (tertiary/aromatic N) is 1. The quantitative estimate of drug-likeness (QED) is 0.660. The highest BCUT2D eigenvalue weighted by atomic mass is 16.5. The highest BCUT2D eigenvalue weighted by Gasteiger charge is 2.40. The fourth-order valence-corrected chi connectivity index (χ4v) is 2.69. The van der Waals surface area contributed by atoms with E-state index in [4.69, 9.17) is 4.74 Å². The lowest BCUT2D eigenvalue weighted by molar-refractivity contribution is -0.149. The van der Waals surface area contributed by atoms with Crippen molar-refractivity contribution < 1.29 is 9.53 Å². The zero-order valence-corrected chi connectivity index (χ0v) is 14.0. The molecule has 0 amide bonds. The van der Waals surface area contributed by atoms with Gasteiger partial charge in [-0.15, -0.1) is 0 Å². The Labute approximate surface area is 124 Å². The maximum Gasteiger partial charge on any atom is 0.327 e. The number of esters is 1. The molecule has 0 aromatic rings. The summed E-state index contributed by atoms with van der Waals surface area (Å²) >= 11 is 0. The molecule has 1 unspecified atom stereocenters. The largest absolute Gasteiger partial charge is 0.468 e. The summed E-state index contributed by atoms with van der Waals surface area (Å²) in [5, 5.41) is 3.39. The van der Waals surface area contributed by atoms with Gasteiger partial charge in [0.15, 0.2) is 0 Å². The Hall–Kier alpha value is -0.610. The monoisotopic (exact) mass is 284 g/mol. The smallest absolute Gasteiger partial charge is 0.327 e. The van der Waals surface area contributed by atoms with Gasteiger partial charge in [0.2, 0.25) is 0 Å². The molecule has 1 fully saturated rings. The third kappa shape index (κ3) is 5.41.